The number of nitro groups is 1. The summed E-state index contributed by atoms with van der Waals surface area (Å²) in [6.45, 7) is -0.329. The van der Waals surface area contributed by atoms with Crippen LogP contribution in [-0.4, -0.2) is 33.0 Å². The van der Waals surface area contributed by atoms with Crippen LogP contribution in [0.1, 0.15) is 16.2 Å². The van der Waals surface area contributed by atoms with Crippen molar-refractivity contribution in [2.24, 2.45) is 0 Å². The number of carbonyl (C=O) groups excluding carboxylic acids is 1. The van der Waals surface area contributed by atoms with Crippen molar-refractivity contribution in [3.05, 3.63) is 64.0 Å². The first-order valence-electron chi connectivity index (χ1n) is 8.49. The normalized spacial score (nSPS) is 10.3. The van der Waals surface area contributed by atoms with Gasteiger partial charge < -0.3 is 26.3 Å². The number of nitrogens with zero attached hydrogens (tertiary/aromatic N) is 4. The number of carbonyl (C=O) groups is 1. The smallest absolute Gasteiger partial charge is 0.338 e. The number of nitrogens with two attached hydrogens (primary N) is 2. The van der Waals surface area contributed by atoms with E-state index in [1.54, 1.807) is 24.3 Å². The number of para-hydroxylation sites is 2. The molecule has 1 aromatic heterocycles. The zero-order chi connectivity index (χ0) is 21.7. The molecule has 1 heterocycles. The highest BCUT2D eigenvalue weighted by atomic mass is 16.6. The van der Waals surface area contributed by atoms with Crippen molar-refractivity contribution >= 4 is 34.9 Å². The number of hydrogen-bond acceptors (Lipinski definition) is 11. The molecule has 0 atom stereocenters. The van der Waals surface area contributed by atoms with Crippen molar-refractivity contribution < 1.29 is 19.2 Å². The molecule has 0 fully saturated rings. The van der Waals surface area contributed by atoms with Crippen molar-refractivity contribution in [1.29, 1.82) is 0 Å². The summed E-state index contributed by atoms with van der Waals surface area (Å²) in [4.78, 5) is 34.6. The molecule has 0 aliphatic carbocycles. The number of nitrogens with one attached hydrogen (secondary N) is 1. The lowest BCUT2D eigenvalue weighted by Crippen LogP contribution is -2.11. The van der Waals surface area contributed by atoms with Gasteiger partial charge in [-0.15, -0.1) is 0 Å². The highest BCUT2D eigenvalue weighted by molar-refractivity contribution is 5.91. The number of nitro benzene ring substituents is 1. The molecule has 2 aromatic carbocycles. The van der Waals surface area contributed by atoms with Crippen LogP contribution in [-0.2, 0) is 11.3 Å². The van der Waals surface area contributed by atoms with Gasteiger partial charge in [-0.3, -0.25) is 10.1 Å². The quantitative estimate of drug-likeness (QED) is 0.224. The minimum atomic E-state index is -0.809. The summed E-state index contributed by atoms with van der Waals surface area (Å²) in [5.74, 6) is -0.123. The molecule has 0 radical (unpaired) electrons. The summed E-state index contributed by atoms with van der Waals surface area (Å²) < 4.78 is 10.4. The molecule has 30 heavy (non-hydrogen) atoms. The topological polar surface area (TPSA) is 181 Å². The van der Waals surface area contributed by atoms with E-state index in [1.165, 1.54) is 19.2 Å². The second kappa shape index (κ2) is 8.68. The van der Waals surface area contributed by atoms with E-state index in [0.29, 0.717) is 11.4 Å². The van der Waals surface area contributed by atoms with E-state index in [4.69, 9.17) is 20.9 Å². The highest BCUT2D eigenvalue weighted by Crippen LogP contribution is 2.26. The molecule has 154 valence electrons. The van der Waals surface area contributed by atoms with Crippen LogP contribution in [0, 0.1) is 10.1 Å². The second-order valence-corrected chi connectivity index (χ2v) is 5.87. The number of anilines is 4. The van der Waals surface area contributed by atoms with Gasteiger partial charge in [0.25, 0.3) is 5.69 Å². The minimum Gasteiger partial charge on any atom is -0.495 e. The van der Waals surface area contributed by atoms with Gasteiger partial charge in [-0.05, 0) is 24.3 Å². The molecule has 0 saturated heterocycles. The first kappa shape index (κ1) is 20.3. The van der Waals surface area contributed by atoms with E-state index in [1.807, 2.05) is 0 Å². The van der Waals surface area contributed by atoms with Crippen LogP contribution >= 0.6 is 0 Å². The third kappa shape index (κ3) is 4.67. The predicted molar refractivity (Wildman–Crippen MR) is 107 cm³/mol. The van der Waals surface area contributed by atoms with Crippen LogP contribution in [0.4, 0.5) is 29.0 Å². The van der Waals surface area contributed by atoms with E-state index >= 15 is 0 Å². The van der Waals surface area contributed by atoms with Crippen LogP contribution in [0.3, 0.4) is 0 Å². The summed E-state index contributed by atoms with van der Waals surface area (Å²) in [5, 5.41) is 13.9. The molecule has 12 nitrogen and oxygen atoms in total. The van der Waals surface area contributed by atoms with E-state index in [-0.39, 0.29) is 35.6 Å². The van der Waals surface area contributed by atoms with Gasteiger partial charge in [0.05, 0.1) is 23.3 Å². The number of hydrogen-bond donors (Lipinski definition) is 3. The maximum absolute atomic E-state index is 12.2. The number of rotatable bonds is 7. The van der Waals surface area contributed by atoms with E-state index in [2.05, 4.69) is 20.3 Å². The summed E-state index contributed by atoms with van der Waals surface area (Å²) in [6, 6.07) is 10.7. The van der Waals surface area contributed by atoms with Crippen LogP contribution in [0.15, 0.2) is 42.5 Å². The zero-order valence-electron chi connectivity index (χ0n) is 15.7. The number of ether oxygens (including phenoxy) is 2. The number of esters is 1. The lowest BCUT2D eigenvalue weighted by atomic mass is 10.2. The van der Waals surface area contributed by atoms with Crippen LogP contribution in [0.2, 0.25) is 0 Å². The Hall–Kier alpha value is -4.48. The van der Waals surface area contributed by atoms with Gasteiger partial charge in [-0.1, -0.05) is 12.1 Å². The molecule has 0 bridgehead atoms. The Kier molecular flexibility index (Phi) is 5.86. The first-order chi connectivity index (χ1) is 14.4. The predicted octanol–water partition coefficient (Wildman–Crippen LogP) is 2.05. The zero-order valence-corrected chi connectivity index (χ0v) is 15.7. The van der Waals surface area contributed by atoms with Crippen molar-refractivity contribution in [3.8, 4) is 5.75 Å². The Balaban J connectivity index is 1.74. The van der Waals surface area contributed by atoms with Gasteiger partial charge in [0.1, 0.15) is 11.4 Å². The summed E-state index contributed by atoms with van der Waals surface area (Å²) in [5.41, 5.74) is 11.3. The average molecular weight is 411 g/mol. The first-order valence-corrected chi connectivity index (χ1v) is 8.49. The Morgan fingerprint density at radius 3 is 2.67 bits per heavy atom. The lowest BCUT2D eigenvalue weighted by molar-refractivity contribution is -0.383. The van der Waals surface area contributed by atoms with Gasteiger partial charge in [-0.2, -0.15) is 15.0 Å². The average Bonchev–Trinajstić information content (AvgIpc) is 2.72. The van der Waals surface area contributed by atoms with Crippen molar-refractivity contribution in [2.75, 3.05) is 23.9 Å². The summed E-state index contributed by atoms with van der Waals surface area (Å²) in [6.07, 6.45) is 0. The third-order valence-electron chi connectivity index (χ3n) is 3.85. The molecule has 0 aliphatic heterocycles. The largest absolute Gasteiger partial charge is 0.495 e. The molecule has 12 heteroatoms. The molecule has 3 aromatic rings. The third-order valence-corrected chi connectivity index (χ3v) is 3.85. The van der Waals surface area contributed by atoms with Gasteiger partial charge in [0.15, 0.2) is 12.4 Å². The van der Waals surface area contributed by atoms with E-state index in [9.17, 15) is 14.9 Å². The van der Waals surface area contributed by atoms with Gasteiger partial charge in [0.2, 0.25) is 11.9 Å². The molecule has 3 rings (SSSR count). The lowest BCUT2D eigenvalue weighted by Gasteiger charge is -2.11. The van der Waals surface area contributed by atoms with Crippen molar-refractivity contribution in [2.45, 2.75) is 6.61 Å². The van der Waals surface area contributed by atoms with Gasteiger partial charge in [0, 0.05) is 6.07 Å². The molecule has 0 saturated carbocycles. The number of aromatic nitrogens is 3. The number of benzene rings is 2. The summed E-state index contributed by atoms with van der Waals surface area (Å²) in [7, 11) is 1.52. The van der Waals surface area contributed by atoms with Crippen LogP contribution in [0.25, 0.3) is 0 Å². The second-order valence-electron chi connectivity index (χ2n) is 5.87. The fourth-order valence-corrected chi connectivity index (χ4v) is 2.47. The molecule has 0 unspecified atom stereocenters. The Bertz CT molecular complexity index is 1110. The van der Waals surface area contributed by atoms with Crippen molar-refractivity contribution in [1.82, 2.24) is 15.0 Å². The number of methoxy groups -OCH3 is 1. The fourth-order valence-electron chi connectivity index (χ4n) is 2.47. The Labute approximate surface area is 170 Å². The van der Waals surface area contributed by atoms with Gasteiger partial charge >= 0.3 is 5.97 Å². The molecule has 0 spiro atoms. The Morgan fingerprint density at radius 2 is 1.93 bits per heavy atom. The standard InChI is InChI=1S/C18H17N7O5/c1-29-14-5-3-2-4-12(14)21-18-23-15(22-17(20)24-18)9-30-16(26)10-6-7-11(19)13(8-10)25(27)28/h2-8H,9,19H2,1H3,(H3,20,21,22,23,24). The SMILES string of the molecule is COc1ccccc1Nc1nc(N)nc(COC(=O)c2ccc(N)c([N+](=O)[O-])c2)n1. The van der Waals surface area contributed by atoms with Crippen LogP contribution in [0.5, 0.6) is 5.75 Å². The monoisotopic (exact) mass is 411 g/mol. The van der Waals surface area contributed by atoms with E-state index < -0.39 is 16.6 Å². The highest BCUT2D eigenvalue weighted by Gasteiger charge is 2.17. The molecule has 0 aliphatic rings. The molecular formula is C18H17N7O5. The number of nitrogen functional groups attached to an aromatic ring is 2. The maximum Gasteiger partial charge on any atom is 0.338 e. The fraction of sp³-hybridized carbons (Fsp3) is 0.111. The summed E-state index contributed by atoms with van der Waals surface area (Å²) >= 11 is 0. The molecule has 0 amide bonds. The molecular weight excluding hydrogens is 394 g/mol. The maximum atomic E-state index is 12.2. The van der Waals surface area contributed by atoms with E-state index in [0.717, 1.165) is 6.07 Å². The van der Waals surface area contributed by atoms with Crippen LogP contribution < -0.4 is 21.5 Å². The Morgan fingerprint density at radius 1 is 1.17 bits per heavy atom. The minimum absolute atomic E-state index is 0.0368. The van der Waals surface area contributed by atoms with Gasteiger partial charge in [-0.25, -0.2) is 4.79 Å². The molecule has 5 N–H and O–H groups in total. The van der Waals surface area contributed by atoms with Crippen molar-refractivity contribution in [3.63, 3.8) is 0 Å².